The van der Waals surface area contributed by atoms with Gasteiger partial charge < -0.3 is 9.47 Å². The summed E-state index contributed by atoms with van der Waals surface area (Å²) in [5.41, 5.74) is 1.22. The van der Waals surface area contributed by atoms with Gasteiger partial charge >= 0.3 is 0 Å². The molecule has 0 saturated carbocycles. The van der Waals surface area contributed by atoms with E-state index in [0.717, 1.165) is 25.0 Å². The molecule has 0 aliphatic heterocycles. The molecule has 0 saturated heterocycles. The van der Waals surface area contributed by atoms with Crippen molar-refractivity contribution in [3.63, 3.8) is 0 Å². The number of rotatable bonds is 10. The Labute approximate surface area is 121 Å². The Hall–Kier alpha value is -1.11. The molecule has 0 bridgehead atoms. The van der Waals surface area contributed by atoms with E-state index in [1.165, 1.54) is 5.56 Å². The molecule has 0 aliphatic rings. The molecular formula is C14H23NO4S. The first kappa shape index (κ1) is 16.9. The lowest BCUT2D eigenvalue weighted by Gasteiger charge is -2.07. The molecule has 5 nitrogen and oxygen atoms in total. The third-order valence-electron chi connectivity index (χ3n) is 2.86. The summed E-state index contributed by atoms with van der Waals surface area (Å²) in [6.07, 6.45) is 3.09. The van der Waals surface area contributed by atoms with Gasteiger partial charge in [0, 0.05) is 7.11 Å². The largest absolute Gasteiger partial charge is 0.494 e. The van der Waals surface area contributed by atoms with Gasteiger partial charge in [-0.3, -0.25) is 0 Å². The van der Waals surface area contributed by atoms with E-state index in [9.17, 15) is 8.42 Å². The van der Waals surface area contributed by atoms with Gasteiger partial charge in [-0.15, -0.1) is 0 Å². The van der Waals surface area contributed by atoms with Gasteiger partial charge in [0.15, 0.2) is 0 Å². The van der Waals surface area contributed by atoms with Crippen LogP contribution >= 0.6 is 0 Å². The van der Waals surface area contributed by atoms with Crippen molar-refractivity contribution in [1.29, 1.82) is 0 Å². The number of unbranched alkanes of at least 4 members (excludes halogenated alkanes) is 2. The average molecular weight is 301 g/mol. The van der Waals surface area contributed by atoms with Crippen molar-refractivity contribution in [3.8, 4) is 5.75 Å². The maximum atomic E-state index is 10.7. The highest BCUT2D eigenvalue weighted by Gasteiger charge is 2.01. The van der Waals surface area contributed by atoms with Gasteiger partial charge in [0.05, 0.1) is 19.0 Å². The molecule has 0 amide bonds. The second kappa shape index (κ2) is 8.94. The second-order valence-electron chi connectivity index (χ2n) is 4.66. The highest BCUT2D eigenvalue weighted by molar-refractivity contribution is 7.89. The third kappa shape index (κ3) is 8.14. The molecule has 2 N–H and O–H groups in total. The summed E-state index contributed by atoms with van der Waals surface area (Å²) >= 11 is 0. The zero-order valence-corrected chi connectivity index (χ0v) is 12.7. The van der Waals surface area contributed by atoms with Crippen molar-refractivity contribution in [2.45, 2.75) is 25.7 Å². The minimum atomic E-state index is -3.33. The van der Waals surface area contributed by atoms with Crippen LogP contribution in [0.15, 0.2) is 24.3 Å². The molecule has 0 radical (unpaired) electrons. The predicted octanol–water partition coefficient (Wildman–Crippen LogP) is 1.71. The maximum absolute atomic E-state index is 10.7. The van der Waals surface area contributed by atoms with Crippen LogP contribution in [0.2, 0.25) is 0 Å². The van der Waals surface area contributed by atoms with Crippen LogP contribution in [0.4, 0.5) is 0 Å². The topological polar surface area (TPSA) is 78.6 Å². The maximum Gasteiger partial charge on any atom is 0.209 e. The van der Waals surface area contributed by atoms with E-state index >= 15 is 0 Å². The van der Waals surface area contributed by atoms with E-state index in [1.807, 2.05) is 24.3 Å². The molecule has 1 aromatic rings. The fraction of sp³-hybridized carbons (Fsp3) is 0.571. The van der Waals surface area contributed by atoms with Gasteiger partial charge in [0.2, 0.25) is 10.0 Å². The summed E-state index contributed by atoms with van der Waals surface area (Å²) < 4.78 is 32.1. The number of methoxy groups -OCH3 is 1. The lowest BCUT2D eigenvalue weighted by atomic mass is 10.1. The molecule has 0 heterocycles. The number of primary sulfonamides is 1. The number of ether oxygens (including phenoxy) is 2. The highest BCUT2D eigenvalue weighted by atomic mass is 32.2. The SMILES string of the molecule is COCCc1ccc(OCCCCCS(N)(=O)=O)cc1. The molecule has 0 fully saturated rings. The number of hydrogen-bond donors (Lipinski definition) is 1. The van der Waals surface area contributed by atoms with E-state index < -0.39 is 10.0 Å². The van der Waals surface area contributed by atoms with Gasteiger partial charge in [-0.05, 0) is 43.4 Å². The molecule has 1 aromatic carbocycles. The standard InChI is InChI=1S/C14H23NO4S/c1-18-11-9-13-5-7-14(8-6-13)19-10-3-2-4-12-20(15,16)17/h5-8H,2-4,9-12H2,1H3,(H2,15,16,17). The van der Waals surface area contributed by atoms with Crippen molar-refractivity contribution >= 4 is 10.0 Å². The Bertz CT molecular complexity index is 470. The summed E-state index contributed by atoms with van der Waals surface area (Å²) in [6.45, 7) is 1.30. The number of nitrogens with two attached hydrogens (primary N) is 1. The third-order valence-corrected chi connectivity index (χ3v) is 3.72. The predicted molar refractivity (Wildman–Crippen MR) is 79.3 cm³/mol. The van der Waals surface area contributed by atoms with Crippen LogP contribution in [-0.2, 0) is 21.2 Å². The van der Waals surface area contributed by atoms with Crippen LogP contribution in [0.5, 0.6) is 5.75 Å². The van der Waals surface area contributed by atoms with Crippen LogP contribution < -0.4 is 9.88 Å². The molecule has 1 rings (SSSR count). The molecule has 0 aromatic heterocycles. The quantitative estimate of drug-likeness (QED) is 0.667. The van der Waals surface area contributed by atoms with E-state index in [4.69, 9.17) is 14.6 Å². The van der Waals surface area contributed by atoms with Gasteiger partial charge in [-0.1, -0.05) is 12.1 Å². The summed E-state index contributed by atoms with van der Waals surface area (Å²) in [4.78, 5) is 0. The lowest BCUT2D eigenvalue weighted by molar-refractivity contribution is 0.202. The molecule has 0 spiro atoms. The van der Waals surface area contributed by atoms with Gasteiger partial charge in [0.1, 0.15) is 5.75 Å². The fourth-order valence-electron chi connectivity index (χ4n) is 1.74. The number of benzene rings is 1. The van der Waals surface area contributed by atoms with Gasteiger partial charge in [0.25, 0.3) is 0 Å². The summed E-state index contributed by atoms with van der Waals surface area (Å²) in [5, 5.41) is 4.92. The van der Waals surface area contributed by atoms with Crippen LogP contribution in [0.3, 0.4) is 0 Å². The zero-order chi connectivity index (χ0) is 14.8. The number of hydrogen-bond acceptors (Lipinski definition) is 4. The molecule has 20 heavy (non-hydrogen) atoms. The van der Waals surface area contributed by atoms with Crippen LogP contribution in [-0.4, -0.2) is 34.5 Å². The summed E-state index contributed by atoms with van der Waals surface area (Å²) in [6, 6.07) is 7.93. The molecule has 6 heteroatoms. The fourth-order valence-corrected chi connectivity index (χ4v) is 2.35. The Kier molecular flexibility index (Phi) is 7.58. The van der Waals surface area contributed by atoms with E-state index in [-0.39, 0.29) is 5.75 Å². The Balaban J connectivity index is 2.16. The highest BCUT2D eigenvalue weighted by Crippen LogP contribution is 2.13. The minimum Gasteiger partial charge on any atom is -0.494 e. The molecule has 114 valence electrons. The normalized spacial score (nSPS) is 11.5. The van der Waals surface area contributed by atoms with Crippen molar-refractivity contribution < 1.29 is 17.9 Å². The molecular weight excluding hydrogens is 278 g/mol. The van der Waals surface area contributed by atoms with Crippen molar-refractivity contribution in [1.82, 2.24) is 0 Å². The minimum absolute atomic E-state index is 0.0429. The van der Waals surface area contributed by atoms with Crippen molar-refractivity contribution in [2.75, 3.05) is 26.1 Å². The van der Waals surface area contributed by atoms with E-state index in [2.05, 4.69) is 0 Å². The molecule has 0 unspecified atom stereocenters. The first-order valence-corrected chi connectivity index (χ1v) is 8.44. The lowest BCUT2D eigenvalue weighted by Crippen LogP contribution is -2.16. The summed E-state index contributed by atoms with van der Waals surface area (Å²) in [7, 11) is -1.64. The van der Waals surface area contributed by atoms with Crippen molar-refractivity contribution in [2.24, 2.45) is 5.14 Å². The first-order valence-electron chi connectivity index (χ1n) is 6.72. The smallest absolute Gasteiger partial charge is 0.209 e. The molecule has 0 aliphatic carbocycles. The van der Waals surface area contributed by atoms with E-state index in [0.29, 0.717) is 19.6 Å². The number of sulfonamides is 1. The van der Waals surface area contributed by atoms with Crippen LogP contribution in [0.25, 0.3) is 0 Å². The Morgan fingerprint density at radius 1 is 1.05 bits per heavy atom. The Morgan fingerprint density at radius 2 is 1.75 bits per heavy atom. The van der Waals surface area contributed by atoms with Crippen molar-refractivity contribution in [3.05, 3.63) is 29.8 Å². The average Bonchev–Trinajstić information content (AvgIpc) is 2.40. The van der Waals surface area contributed by atoms with E-state index in [1.54, 1.807) is 7.11 Å². The summed E-state index contributed by atoms with van der Waals surface area (Å²) in [5.74, 6) is 0.874. The first-order chi connectivity index (χ1) is 9.51. The second-order valence-corrected chi connectivity index (χ2v) is 6.40. The van der Waals surface area contributed by atoms with Gasteiger partial charge in [-0.2, -0.15) is 0 Å². The molecule has 0 atom stereocenters. The van der Waals surface area contributed by atoms with Crippen LogP contribution in [0.1, 0.15) is 24.8 Å². The zero-order valence-electron chi connectivity index (χ0n) is 11.9. The van der Waals surface area contributed by atoms with Gasteiger partial charge in [-0.25, -0.2) is 13.6 Å². The Morgan fingerprint density at radius 3 is 2.35 bits per heavy atom. The van der Waals surface area contributed by atoms with Crippen LogP contribution in [0, 0.1) is 0 Å². The monoisotopic (exact) mass is 301 g/mol.